The second-order valence-electron chi connectivity index (χ2n) is 7.67. The van der Waals surface area contributed by atoms with Crippen molar-refractivity contribution in [3.63, 3.8) is 0 Å². The number of hydrazone groups is 1. The maximum atomic E-state index is 13.2. The monoisotopic (exact) mass is 426 g/mol. The summed E-state index contributed by atoms with van der Waals surface area (Å²) in [6.07, 6.45) is 1.62. The summed E-state index contributed by atoms with van der Waals surface area (Å²) in [6, 6.07) is 18.7. The Hall–Kier alpha value is -4.26. The first-order chi connectivity index (χ1) is 15.5. The largest absolute Gasteiger partial charge is 0.354 e. The molecule has 7 heteroatoms. The van der Waals surface area contributed by atoms with E-state index >= 15 is 0 Å². The summed E-state index contributed by atoms with van der Waals surface area (Å²) in [6.45, 7) is 1.82. The van der Waals surface area contributed by atoms with Crippen LogP contribution in [0.2, 0.25) is 0 Å². The molecule has 3 aromatic carbocycles. The summed E-state index contributed by atoms with van der Waals surface area (Å²) in [5, 5.41) is 7.67. The van der Waals surface area contributed by atoms with Gasteiger partial charge in [-0.15, -0.1) is 0 Å². The Morgan fingerprint density at radius 3 is 2.56 bits per heavy atom. The average Bonchev–Trinajstić information content (AvgIpc) is 3.08. The van der Waals surface area contributed by atoms with Crippen LogP contribution in [0.15, 0.2) is 71.8 Å². The minimum Gasteiger partial charge on any atom is -0.354 e. The van der Waals surface area contributed by atoms with E-state index in [1.807, 2.05) is 37.3 Å². The van der Waals surface area contributed by atoms with E-state index < -0.39 is 0 Å². The van der Waals surface area contributed by atoms with Gasteiger partial charge in [0.1, 0.15) is 5.82 Å². The smallest absolute Gasteiger partial charge is 0.272 e. The van der Waals surface area contributed by atoms with Crippen molar-refractivity contribution in [2.75, 3.05) is 0 Å². The minimum atomic E-state index is -0.384. The van der Waals surface area contributed by atoms with E-state index in [-0.39, 0.29) is 23.7 Å². The molecule has 0 saturated carbocycles. The molecule has 0 radical (unpaired) electrons. The van der Waals surface area contributed by atoms with E-state index in [2.05, 4.69) is 20.8 Å². The SMILES string of the molecule is CC(NC(=O)c1cc2c3c(c(-c4ccccc4)[nH]c3c1)C=NNC2=O)c1ccc(F)cc1. The molecule has 0 aliphatic carbocycles. The molecular weight excluding hydrogens is 407 g/mol. The number of nitrogens with zero attached hydrogens (tertiary/aromatic N) is 1. The summed E-state index contributed by atoms with van der Waals surface area (Å²) in [5.74, 6) is -1.06. The van der Waals surface area contributed by atoms with Gasteiger partial charge in [0.2, 0.25) is 0 Å². The Bertz CT molecular complexity index is 1370. The lowest BCUT2D eigenvalue weighted by Gasteiger charge is -2.15. The Balaban J connectivity index is 1.57. The fourth-order valence-electron chi connectivity index (χ4n) is 3.96. The fourth-order valence-corrected chi connectivity index (χ4v) is 3.96. The lowest BCUT2D eigenvalue weighted by molar-refractivity contribution is 0.0940. The molecule has 32 heavy (non-hydrogen) atoms. The average molecular weight is 426 g/mol. The summed E-state index contributed by atoms with van der Waals surface area (Å²) in [7, 11) is 0. The zero-order chi connectivity index (χ0) is 22.2. The molecule has 1 atom stereocenters. The molecule has 158 valence electrons. The van der Waals surface area contributed by atoms with E-state index in [0.29, 0.717) is 22.0 Å². The van der Waals surface area contributed by atoms with Gasteiger partial charge < -0.3 is 10.3 Å². The predicted molar refractivity (Wildman–Crippen MR) is 121 cm³/mol. The van der Waals surface area contributed by atoms with Crippen LogP contribution in [0.1, 0.15) is 44.8 Å². The van der Waals surface area contributed by atoms with Crippen LogP contribution in [-0.2, 0) is 0 Å². The van der Waals surface area contributed by atoms with Gasteiger partial charge in [0.15, 0.2) is 0 Å². The summed E-state index contributed by atoms with van der Waals surface area (Å²) in [5.41, 5.74) is 7.20. The quantitative estimate of drug-likeness (QED) is 0.447. The van der Waals surface area contributed by atoms with Crippen LogP contribution in [0.5, 0.6) is 0 Å². The molecule has 0 bridgehead atoms. The molecule has 1 aromatic heterocycles. The van der Waals surface area contributed by atoms with Crippen molar-refractivity contribution in [2.24, 2.45) is 5.10 Å². The molecular formula is C25H19FN4O2. The van der Waals surface area contributed by atoms with Crippen LogP contribution < -0.4 is 10.7 Å². The van der Waals surface area contributed by atoms with Gasteiger partial charge in [-0.2, -0.15) is 5.10 Å². The highest BCUT2D eigenvalue weighted by Crippen LogP contribution is 2.33. The third-order valence-corrected chi connectivity index (χ3v) is 5.58. The van der Waals surface area contributed by atoms with Crippen LogP contribution in [0.3, 0.4) is 0 Å². The molecule has 0 fully saturated rings. The molecule has 4 aromatic rings. The van der Waals surface area contributed by atoms with Crippen molar-refractivity contribution in [3.8, 4) is 11.3 Å². The van der Waals surface area contributed by atoms with Gasteiger partial charge in [-0.25, -0.2) is 9.82 Å². The third kappa shape index (κ3) is 3.43. The molecule has 3 N–H and O–H groups in total. The number of aromatic nitrogens is 1. The summed E-state index contributed by atoms with van der Waals surface area (Å²) < 4.78 is 13.2. The predicted octanol–water partition coefficient (Wildman–Crippen LogP) is 4.54. The van der Waals surface area contributed by atoms with Gasteiger partial charge in [-0.1, -0.05) is 42.5 Å². The van der Waals surface area contributed by atoms with Crippen LogP contribution in [0, 0.1) is 5.82 Å². The topological polar surface area (TPSA) is 86.3 Å². The van der Waals surface area contributed by atoms with Gasteiger partial charge in [0, 0.05) is 22.0 Å². The van der Waals surface area contributed by atoms with E-state index in [4.69, 9.17) is 0 Å². The van der Waals surface area contributed by atoms with Gasteiger partial charge in [-0.05, 0) is 42.3 Å². The van der Waals surface area contributed by atoms with Gasteiger partial charge in [-0.3, -0.25) is 9.59 Å². The van der Waals surface area contributed by atoms with Crippen molar-refractivity contribution in [2.45, 2.75) is 13.0 Å². The van der Waals surface area contributed by atoms with Crippen LogP contribution in [0.4, 0.5) is 4.39 Å². The number of carbonyl (C=O) groups excluding carboxylic acids is 2. The molecule has 0 spiro atoms. The number of amides is 2. The Morgan fingerprint density at radius 1 is 1.06 bits per heavy atom. The lowest BCUT2D eigenvalue weighted by atomic mass is 9.99. The second-order valence-corrected chi connectivity index (χ2v) is 7.67. The first-order valence-electron chi connectivity index (χ1n) is 10.2. The van der Waals surface area contributed by atoms with Crippen molar-refractivity contribution in [1.82, 2.24) is 15.7 Å². The van der Waals surface area contributed by atoms with Gasteiger partial charge in [0.25, 0.3) is 11.8 Å². The van der Waals surface area contributed by atoms with Crippen LogP contribution >= 0.6 is 0 Å². The molecule has 2 amide bonds. The number of halogens is 1. The zero-order valence-corrected chi connectivity index (χ0v) is 17.1. The molecule has 1 aliphatic rings. The molecule has 2 heterocycles. The first kappa shape index (κ1) is 19.7. The van der Waals surface area contributed by atoms with Crippen molar-refractivity contribution in [3.05, 3.63) is 94.8 Å². The van der Waals surface area contributed by atoms with E-state index in [1.165, 1.54) is 12.1 Å². The number of carbonyl (C=O) groups is 2. The standard InChI is InChI=1S/C25H19FN4O2/c1-14(15-7-9-18(26)10-8-15)28-24(31)17-11-19-22-20(13-27-30-25(19)32)23(29-21(22)12-17)16-5-3-2-4-6-16/h2-14,29H,1H3,(H,28,31)(H,30,32). The van der Waals surface area contributed by atoms with Gasteiger partial charge >= 0.3 is 0 Å². The Labute approximate surface area is 183 Å². The highest BCUT2D eigenvalue weighted by Gasteiger charge is 2.24. The van der Waals surface area contributed by atoms with E-state index in [9.17, 15) is 14.0 Å². The highest BCUT2D eigenvalue weighted by atomic mass is 19.1. The fraction of sp³-hybridized carbons (Fsp3) is 0.0800. The number of hydrogen-bond acceptors (Lipinski definition) is 3. The zero-order valence-electron chi connectivity index (χ0n) is 17.1. The number of hydrogen-bond donors (Lipinski definition) is 3. The van der Waals surface area contributed by atoms with Crippen LogP contribution in [0.25, 0.3) is 22.2 Å². The first-order valence-corrected chi connectivity index (χ1v) is 10.2. The Kier molecular flexibility index (Phi) is 4.78. The van der Waals surface area contributed by atoms with Crippen molar-refractivity contribution in [1.29, 1.82) is 0 Å². The van der Waals surface area contributed by atoms with Crippen molar-refractivity contribution < 1.29 is 14.0 Å². The van der Waals surface area contributed by atoms with Crippen molar-refractivity contribution >= 4 is 28.9 Å². The normalized spacial score (nSPS) is 13.5. The van der Waals surface area contributed by atoms with Crippen LogP contribution in [-0.4, -0.2) is 23.0 Å². The lowest BCUT2D eigenvalue weighted by Crippen LogP contribution is -2.27. The number of benzene rings is 3. The molecule has 5 rings (SSSR count). The minimum absolute atomic E-state index is 0.335. The molecule has 1 unspecified atom stereocenters. The molecule has 6 nitrogen and oxygen atoms in total. The summed E-state index contributed by atoms with van der Waals surface area (Å²) in [4.78, 5) is 29.1. The third-order valence-electron chi connectivity index (χ3n) is 5.58. The maximum absolute atomic E-state index is 13.2. The highest BCUT2D eigenvalue weighted by molar-refractivity contribution is 6.18. The van der Waals surface area contributed by atoms with E-state index in [0.717, 1.165) is 22.4 Å². The Morgan fingerprint density at radius 2 is 1.81 bits per heavy atom. The number of nitrogens with one attached hydrogen (secondary N) is 3. The molecule has 1 aliphatic heterocycles. The van der Waals surface area contributed by atoms with E-state index in [1.54, 1.807) is 30.5 Å². The summed E-state index contributed by atoms with van der Waals surface area (Å²) >= 11 is 0. The maximum Gasteiger partial charge on any atom is 0.272 e. The number of aromatic amines is 1. The van der Waals surface area contributed by atoms with Gasteiger partial charge in [0.05, 0.1) is 23.5 Å². The number of rotatable bonds is 4. The second kappa shape index (κ2) is 7.77. The molecule has 0 saturated heterocycles. The number of H-pyrrole nitrogens is 1.